The number of methoxy groups -OCH3 is 4. The Labute approximate surface area is 835 Å². The van der Waals surface area contributed by atoms with E-state index in [1.807, 2.05) is 140 Å². The van der Waals surface area contributed by atoms with Crippen molar-refractivity contribution in [3.63, 3.8) is 0 Å². The summed E-state index contributed by atoms with van der Waals surface area (Å²) in [6.07, 6.45) is 9.78. The largest absolute Gasteiger partial charge is 0.497 e. The first kappa shape index (κ1) is 108. The summed E-state index contributed by atoms with van der Waals surface area (Å²) in [6.45, 7) is 16.3. The highest BCUT2D eigenvalue weighted by molar-refractivity contribution is 6.33. The van der Waals surface area contributed by atoms with Gasteiger partial charge in [0.15, 0.2) is 0 Å². The fourth-order valence-electron chi connectivity index (χ4n) is 11.6. The van der Waals surface area contributed by atoms with E-state index in [0.29, 0.717) is 120 Å². The Balaban J connectivity index is 0.000000210. The van der Waals surface area contributed by atoms with Crippen LogP contribution in [0.15, 0.2) is 324 Å². The predicted octanol–water partition coefficient (Wildman–Crippen LogP) is 22.6. The third-order valence-electron chi connectivity index (χ3n) is 19.2. The van der Waals surface area contributed by atoms with Gasteiger partial charge >= 0.3 is 41.8 Å². The summed E-state index contributed by atoms with van der Waals surface area (Å²) in [7, 11) is 6.47. The van der Waals surface area contributed by atoms with Gasteiger partial charge in [0.1, 0.15) is 63.2 Å². The number of carbonyl (C=O) groups is 7. The van der Waals surface area contributed by atoms with E-state index in [4.69, 9.17) is 106 Å². The Morgan fingerprint density at radius 3 is 0.730 bits per heavy atom. The van der Waals surface area contributed by atoms with Gasteiger partial charge in [0.25, 0.3) is 0 Å². The molecule has 12 rings (SSSR count). The highest BCUT2D eigenvalue weighted by Gasteiger charge is 2.17. The van der Waals surface area contributed by atoms with Gasteiger partial charge in [-0.2, -0.15) is 0 Å². The molecular weight excluding hydrogens is 1850 g/mol. The summed E-state index contributed by atoms with van der Waals surface area (Å²) >= 11 is 19.0. The van der Waals surface area contributed by atoms with Crippen LogP contribution in [0.5, 0.6) is 63.2 Å². The molecule has 22 nitrogen and oxygen atoms in total. The number of hydrogen-bond donors (Lipinski definition) is 0. The minimum Gasteiger partial charge on any atom is -0.497 e. The van der Waals surface area contributed by atoms with Crippen molar-refractivity contribution in [3.05, 3.63) is 411 Å². The van der Waals surface area contributed by atoms with Crippen molar-refractivity contribution in [2.45, 2.75) is 44.9 Å². The molecule has 12 aromatic rings. The number of benzene rings is 12. The molecule has 0 radical (unpaired) electrons. The minimum absolute atomic E-state index is 0.237. The molecule has 0 atom stereocenters. The van der Waals surface area contributed by atoms with Gasteiger partial charge in [0.05, 0.1) is 113 Å². The Kier molecular flexibility index (Phi) is 46.1. The molecule has 716 valence electrons. The highest BCUT2D eigenvalue weighted by Crippen LogP contribution is 2.30. The summed E-state index contributed by atoms with van der Waals surface area (Å²) in [4.78, 5) is 81.4. The molecule has 0 saturated carbocycles. The molecule has 0 fully saturated rings. The molecule has 141 heavy (non-hydrogen) atoms. The Hall–Kier alpha value is -17.0. The zero-order valence-electron chi connectivity index (χ0n) is 77.8. The number of halogens is 3. The maximum absolute atomic E-state index is 12.6. The van der Waals surface area contributed by atoms with E-state index >= 15 is 0 Å². The number of hydrogen-bond acceptors (Lipinski definition) is 22. The average Bonchev–Trinajstić information content (AvgIpc) is 0.726. The van der Waals surface area contributed by atoms with Gasteiger partial charge in [-0.25, -0.2) is 33.6 Å². The van der Waals surface area contributed by atoms with Crippen molar-refractivity contribution in [2.75, 3.05) is 81.3 Å². The number of rotatable bonds is 37. The number of ether oxygens (including phenoxy) is 15. The lowest BCUT2D eigenvalue weighted by Gasteiger charge is -2.09. The summed E-state index contributed by atoms with van der Waals surface area (Å²) in [6, 6.07) is 79.8. The van der Waals surface area contributed by atoms with E-state index in [2.05, 4.69) is 85.5 Å². The van der Waals surface area contributed by atoms with Gasteiger partial charge in [0, 0.05) is 99.2 Å². The van der Waals surface area contributed by atoms with Gasteiger partial charge in [0.2, 0.25) is 0 Å². The predicted molar refractivity (Wildman–Crippen MR) is 542 cm³/mol. The van der Waals surface area contributed by atoms with E-state index in [1.54, 1.807) is 162 Å². The van der Waals surface area contributed by atoms with Crippen LogP contribution in [0.4, 0.5) is 0 Å². The van der Waals surface area contributed by atoms with Gasteiger partial charge in [-0.3, -0.25) is 0 Å². The number of esters is 7. The normalized spacial score (nSPS) is 9.84. The summed E-state index contributed by atoms with van der Waals surface area (Å²) < 4.78 is 79.0. The number of carbonyl (C=O) groups excluding carboxylic acids is 7. The first-order chi connectivity index (χ1) is 68.6. The molecule has 0 saturated heterocycles. The van der Waals surface area contributed by atoms with E-state index in [-0.39, 0.29) is 29.7 Å². The van der Waals surface area contributed by atoms with Crippen molar-refractivity contribution in [3.8, 4) is 122 Å². The van der Waals surface area contributed by atoms with Crippen LogP contribution in [0.25, 0.3) is 0 Å². The second kappa shape index (κ2) is 60.4. The van der Waals surface area contributed by atoms with E-state index in [0.717, 1.165) is 123 Å². The third kappa shape index (κ3) is 40.0. The van der Waals surface area contributed by atoms with Crippen LogP contribution in [0.3, 0.4) is 0 Å². The quantitative estimate of drug-likeness (QED) is 0.00875. The fourth-order valence-corrected chi connectivity index (χ4v) is 12.3. The van der Waals surface area contributed by atoms with Gasteiger partial charge in [-0.1, -0.05) is 120 Å². The van der Waals surface area contributed by atoms with Crippen molar-refractivity contribution in [1.82, 2.24) is 0 Å². The summed E-state index contributed by atoms with van der Waals surface area (Å²) in [5, 5.41) is 1.11. The molecule has 0 aromatic heterocycles. The molecule has 0 unspecified atom stereocenters. The van der Waals surface area contributed by atoms with Crippen molar-refractivity contribution >= 4 is 76.6 Å². The molecule has 12 aromatic carbocycles. The first-order valence-corrected chi connectivity index (χ1v) is 45.1. The third-order valence-corrected chi connectivity index (χ3v) is 20.1. The van der Waals surface area contributed by atoms with Crippen LogP contribution in [-0.4, -0.2) is 123 Å². The maximum atomic E-state index is 12.6. The molecule has 0 aliphatic heterocycles. The standard InChI is InChI=1S/C31H29ClO6.C29H23ClO4.C28H23ClO6.C28H24O6/c1-3-30(33)37-21-7-5-4-6-20-36-27-17-13-25(14-18-27)31(34)38-29-19-12-24(22-28(29)32)9-8-23-10-15-26(35-2)16-11-23;1-3-29(31)34-20-4-19-33-27-17-11-23(12-18-27)7-13-25-14-8-24(21-28(25)30)6-5-22-9-15-26(32-2)16-10-22;1-3-27(30)34-18-4-17-33-24-14-10-22(11-15-24)28(31)35-26-16-9-21(19-25(26)29)6-5-20-7-12-23(32-2)13-8-20;1-3-27(29)33-20-4-19-32-25-17-11-23(12-18-25)28(30)34-26-15-9-22(10-16-26)6-5-21-7-13-24(31-2)14-8-21/h3,10-19,22H,1,4-7,20-21H2,2H3;3,8-12,14-18,21H,1,4,19-20H2,2H3;3,7-16,19H,1,4,17-18H2,2H3;3,7-18H,1,4,19-20H2,2H3. The van der Waals surface area contributed by atoms with Crippen LogP contribution in [0.1, 0.15) is 132 Å². The van der Waals surface area contributed by atoms with Gasteiger partial charge < -0.3 is 71.1 Å². The van der Waals surface area contributed by atoms with Crippen molar-refractivity contribution in [2.24, 2.45) is 0 Å². The molecule has 0 amide bonds. The SMILES string of the molecule is C=CC(=O)OCCCCCCOc1ccc(C(=O)Oc2ccc(C#Cc3ccc(OC)cc3)cc2Cl)cc1.C=CC(=O)OCCCOc1ccc(C#Cc2ccc(C#Cc3ccc(OC)cc3)cc2Cl)cc1.C=CC(=O)OCCCOc1ccc(C(=O)Oc2ccc(C#Cc3ccc(OC)cc3)cc2)cc1.C=CC(=O)OCCCOc1ccc(C(=O)Oc2ccc(C#Cc3ccc(OC)cc3)cc2Cl)cc1. The second-order valence-corrected chi connectivity index (χ2v) is 30.5. The zero-order chi connectivity index (χ0) is 101. The van der Waals surface area contributed by atoms with Crippen LogP contribution >= 0.6 is 34.8 Å². The van der Waals surface area contributed by atoms with Crippen LogP contribution in [0, 0.1) is 59.2 Å². The van der Waals surface area contributed by atoms with Gasteiger partial charge in [-0.15, -0.1) is 0 Å². The zero-order valence-corrected chi connectivity index (χ0v) is 80.1. The van der Waals surface area contributed by atoms with Gasteiger partial charge in [-0.05, 0) is 299 Å². The smallest absolute Gasteiger partial charge is 0.343 e. The molecule has 0 aliphatic rings. The van der Waals surface area contributed by atoms with Crippen LogP contribution in [0.2, 0.25) is 15.1 Å². The Morgan fingerprint density at radius 2 is 0.454 bits per heavy atom. The van der Waals surface area contributed by atoms with E-state index in [9.17, 15) is 33.6 Å². The van der Waals surface area contributed by atoms with Crippen LogP contribution in [-0.2, 0) is 38.1 Å². The van der Waals surface area contributed by atoms with E-state index < -0.39 is 41.8 Å². The highest BCUT2D eigenvalue weighted by atomic mass is 35.5. The summed E-state index contributed by atoms with van der Waals surface area (Å²) in [5.41, 5.74) is 9.13. The molecule has 0 bridgehead atoms. The van der Waals surface area contributed by atoms with Crippen LogP contribution < -0.4 is 52.1 Å². The topological polar surface area (TPSA) is 258 Å². The summed E-state index contributed by atoms with van der Waals surface area (Å²) in [5.74, 6) is 34.1. The van der Waals surface area contributed by atoms with Crippen molar-refractivity contribution in [1.29, 1.82) is 0 Å². The molecule has 0 N–H and O–H groups in total. The molecule has 0 aliphatic carbocycles. The Morgan fingerprint density at radius 1 is 0.234 bits per heavy atom. The Bertz CT molecular complexity index is 6540. The number of unbranched alkanes of at least 4 members (excludes halogenated alkanes) is 3. The molecular formula is C116H99Cl3O22. The lowest BCUT2D eigenvalue weighted by Crippen LogP contribution is -2.09. The van der Waals surface area contributed by atoms with E-state index in [1.165, 1.54) is 0 Å². The fraction of sp³-hybridized carbons (Fsp3) is 0.164. The second-order valence-electron chi connectivity index (χ2n) is 29.3. The molecule has 0 spiro atoms. The first-order valence-electron chi connectivity index (χ1n) is 44.0. The molecule has 0 heterocycles. The minimum atomic E-state index is -0.549. The molecule has 25 heteroatoms. The monoisotopic (exact) mass is 1950 g/mol. The van der Waals surface area contributed by atoms with Crippen molar-refractivity contribution < 1.29 is 105 Å². The lowest BCUT2D eigenvalue weighted by atomic mass is 10.1. The average molecular weight is 1950 g/mol. The maximum Gasteiger partial charge on any atom is 0.343 e. The lowest BCUT2D eigenvalue weighted by molar-refractivity contribution is -0.138.